The van der Waals surface area contributed by atoms with Crippen molar-refractivity contribution in [2.45, 2.75) is 44.9 Å². The fourth-order valence-electron chi connectivity index (χ4n) is 5.45. The van der Waals surface area contributed by atoms with Gasteiger partial charge in [-0.25, -0.2) is 14.8 Å². The van der Waals surface area contributed by atoms with E-state index in [9.17, 15) is 0 Å². The van der Waals surface area contributed by atoms with E-state index in [4.69, 9.17) is 19.5 Å². The molecule has 2 aliphatic heterocycles. The minimum Gasteiger partial charge on any atom is -0.463 e. The molecule has 33 heavy (non-hydrogen) atoms. The second-order valence-electron chi connectivity index (χ2n) is 8.97. The normalized spacial score (nSPS) is 22.4. The number of allylic oxidation sites excluding steroid dienone is 2. The standard InChI is InChI=1S/C24H20N6O2S/c1-12-25-7-8-29(12)24-26-22(20-19-15-3-2-4-16(15)21(19)33-23(20)27-24)28-30-11-13-5-6-17-14(9-13)10-18(31-17)32-30/h3,5-9,16,18H,2,4,10-11H2,1H3,(H,26,27,28). The number of hydrogen-bond acceptors (Lipinski definition) is 8. The molecule has 2 unspecified atom stereocenters. The van der Waals surface area contributed by atoms with Crippen molar-refractivity contribution >= 4 is 32.9 Å². The van der Waals surface area contributed by atoms with E-state index in [1.807, 2.05) is 23.8 Å². The van der Waals surface area contributed by atoms with Crippen molar-refractivity contribution in [1.29, 1.82) is 0 Å². The Labute approximate surface area is 193 Å². The van der Waals surface area contributed by atoms with Crippen LogP contribution in [0.3, 0.4) is 0 Å². The van der Waals surface area contributed by atoms with E-state index in [0.717, 1.165) is 46.0 Å². The van der Waals surface area contributed by atoms with Gasteiger partial charge in [-0.2, -0.15) is 4.98 Å². The molecular formula is C24H20N6O2S. The summed E-state index contributed by atoms with van der Waals surface area (Å²) in [7, 11) is 0. The molecule has 3 aromatic heterocycles. The van der Waals surface area contributed by atoms with Gasteiger partial charge in [0.25, 0.3) is 0 Å². The second-order valence-corrected chi connectivity index (χ2v) is 10.0. The summed E-state index contributed by atoms with van der Waals surface area (Å²) in [4.78, 5) is 22.9. The lowest BCUT2D eigenvalue weighted by molar-refractivity contribution is -0.240. The van der Waals surface area contributed by atoms with Crippen LogP contribution in [0.2, 0.25) is 0 Å². The van der Waals surface area contributed by atoms with E-state index >= 15 is 0 Å². The maximum absolute atomic E-state index is 6.21. The first kappa shape index (κ1) is 18.2. The average Bonchev–Trinajstić information content (AvgIpc) is 3.55. The van der Waals surface area contributed by atoms with Crippen molar-refractivity contribution < 1.29 is 9.57 Å². The molecule has 3 bridgehead atoms. The molecule has 0 amide bonds. The monoisotopic (exact) mass is 456 g/mol. The number of hydroxylamine groups is 1. The van der Waals surface area contributed by atoms with Crippen molar-refractivity contribution in [3.63, 3.8) is 0 Å². The molecule has 0 saturated carbocycles. The van der Waals surface area contributed by atoms with Gasteiger partial charge in [-0.3, -0.25) is 9.99 Å². The van der Waals surface area contributed by atoms with Crippen LogP contribution >= 0.6 is 11.3 Å². The number of thiophene rings is 1. The highest BCUT2D eigenvalue weighted by Crippen LogP contribution is 2.59. The number of aryl methyl sites for hydroxylation is 1. The number of hydrazine groups is 1. The Kier molecular flexibility index (Phi) is 3.53. The molecule has 2 aliphatic carbocycles. The summed E-state index contributed by atoms with van der Waals surface area (Å²) >= 11 is 1.79. The number of rotatable bonds is 3. The Hall–Kier alpha value is -3.27. The van der Waals surface area contributed by atoms with Crippen molar-refractivity contribution in [1.82, 2.24) is 24.7 Å². The quantitative estimate of drug-likeness (QED) is 0.487. The predicted octanol–water partition coefficient (Wildman–Crippen LogP) is 4.50. The number of aromatic nitrogens is 4. The number of hydrogen-bond donors (Lipinski definition) is 1. The summed E-state index contributed by atoms with van der Waals surface area (Å²) in [6, 6.07) is 6.33. The SMILES string of the molecule is Cc1nccn1-c1nc(NN2Cc3ccc4c(c3)CC(O4)O2)c2c3c(sc2n1)C1CCC=C31. The summed E-state index contributed by atoms with van der Waals surface area (Å²) < 4.78 is 7.89. The third-order valence-electron chi connectivity index (χ3n) is 6.98. The molecule has 5 heterocycles. The molecule has 8 nitrogen and oxygen atoms in total. The van der Waals surface area contributed by atoms with E-state index in [1.165, 1.54) is 28.0 Å². The third-order valence-corrected chi connectivity index (χ3v) is 8.18. The highest BCUT2D eigenvalue weighted by molar-refractivity contribution is 7.19. The first-order valence-electron chi connectivity index (χ1n) is 11.3. The smallest absolute Gasteiger partial charge is 0.238 e. The molecule has 8 rings (SSSR count). The van der Waals surface area contributed by atoms with E-state index in [0.29, 0.717) is 18.4 Å². The molecule has 9 heteroatoms. The highest BCUT2D eigenvalue weighted by Gasteiger charge is 2.40. The molecule has 164 valence electrons. The van der Waals surface area contributed by atoms with E-state index in [-0.39, 0.29) is 6.29 Å². The van der Waals surface area contributed by atoms with Gasteiger partial charge in [0.2, 0.25) is 12.2 Å². The van der Waals surface area contributed by atoms with Crippen LogP contribution in [0.4, 0.5) is 5.82 Å². The Morgan fingerprint density at radius 1 is 1.24 bits per heavy atom. The Morgan fingerprint density at radius 2 is 2.21 bits per heavy atom. The second kappa shape index (κ2) is 6.40. The molecule has 4 aliphatic rings. The van der Waals surface area contributed by atoms with Gasteiger partial charge in [0, 0.05) is 40.7 Å². The van der Waals surface area contributed by atoms with Crippen molar-refractivity contribution in [2.75, 3.05) is 5.43 Å². The number of nitrogens with one attached hydrogen (secondary N) is 1. The first-order chi connectivity index (χ1) is 16.2. The summed E-state index contributed by atoms with van der Waals surface area (Å²) in [5, 5.41) is 2.83. The van der Waals surface area contributed by atoms with Gasteiger partial charge < -0.3 is 4.74 Å². The van der Waals surface area contributed by atoms with E-state index < -0.39 is 0 Å². The Balaban J connectivity index is 1.26. The van der Waals surface area contributed by atoms with Gasteiger partial charge in [0.05, 0.1) is 11.9 Å². The van der Waals surface area contributed by atoms with Gasteiger partial charge in [-0.15, -0.1) is 11.3 Å². The van der Waals surface area contributed by atoms with Crippen LogP contribution in [0.1, 0.15) is 46.2 Å². The molecule has 1 aromatic carbocycles. The summed E-state index contributed by atoms with van der Waals surface area (Å²) in [5.74, 6) is 3.68. The first-order valence-corrected chi connectivity index (χ1v) is 12.1. The zero-order valence-corrected chi connectivity index (χ0v) is 18.7. The van der Waals surface area contributed by atoms with Crippen molar-refractivity contribution in [3.05, 3.63) is 64.1 Å². The zero-order valence-electron chi connectivity index (χ0n) is 17.9. The lowest BCUT2D eigenvalue weighted by Crippen LogP contribution is -2.37. The molecule has 1 N–H and O–H groups in total. The fraction of sp³-hybridized carbons (Fsp3) is 0.292. The van der Waals surface area contributed by atoms with E-state index in [2.05, 4.69) is 28.6 Å². The zero-order chi connectivity index (χ0) is 21.7. The molecule has 0 radical (unpaired) electrons. The maximum atomic E-state index is 6.21. The van der Waals surface area contributed by atoms with Crippen LogP contribution in [0, 0.1) is 6.92 Å². The van der Waals surface area contributed by atoms with Gasteiger partial charge >= 0.3 is 0 Å². The molecule has 0 fully saturated rings. The van der Waals surface area contributed by atoms with Crippen LogP contribution < -0.4 is 10.2 Å². The number of imidazole rings is 1. The highest BCUT2D eigenvalue weighted by atomic mass is 32.1. The largest absolute Gasteiger partial charge is 0.463 e. The van der Waals surface area contributed by atoms with Crippen molar-refractivity contribution in [2.24, 2.45) is 0 Å². The third kappa shape index (κ3) is 2.55. The lowest BCUT2D eigenvalue weighted by Gasteiger charge is -2.28. The summed E-state index contributed by atoms with van der Waals surface area (Å²) in [6.45, 7) is 2.54. The van der Waals surface area contributed by atoms with Gasteiger partial charge in [-0.1, -0.05) is 23.4 Å². The van der Waals surface area contributed by atoms with Crippen LogP contribution in [0.15, 0.2) is 36.7 Å². The average molecular weight is 457 g/mol. The number of nitrogens with zero attached hydrogens (tertiary/aromatic N) is 5. The minimum absolute atomic E-state index is 0.344. The van der Waals surface area contributed by atoms with Crippen LogP contribution in [0.5, 0.6) is 5.75 Å². The van der Waals surface area contributed by atoms with Gasteiger partial charge in [-0.05, 0) is 37.0 Å². The van der Waals surface area contributed by atoms with Crippen LogP contribution in [-0.2, 0) is 17.8 Å². The molecular weight excluding hydrogens is 436 g/mol. The topological polar surface area (TPSA) is 77.3 Å². The Bertz CT molecular complexity index is 1500. The van der Waals surface area contributed by atoms with Crippen LogP contribution in [0.25, 0.3) is 21.7 Å². The number of ether oxygens (including phenoxy) is 1. The summed E-state index contributed by atoms with van der Waals surface area (Å²) in [5.41, 5.74) is 8.61. The minimum atomic E-state index is -0.344. The lowest BCUT2D eigenvalue weighted by atomic mass is 9.80. The summed E-state index contributed by atoms with van der Waals surface area (Å²) in [6.07, 6.45) is 8.78. The predicted molar refractivity (Wildman–Crippen MR) is 124 cm³/mol. The number of benzene rings is 1. The molecule has 2 atom stereocenters. The number of anilines is 1. The molecule has 0 spiro atoms. The molecule has 4 aromatic rings. The van der Waals surface area contributed by atoms with E-state index in [1.54, 1.807) is 22.7 Å². The van der Waals surface area contributed by atoms with Gasteiger partial charge in [0.15, 0.2) is 5.82 Å². The maximum Gasteiger partial charge on any atom is 0.238 e. The number of fused-ring (bicyclic) bond motifs is 8. The van der Waals surface area contributed by atoms with Crippen LogP contribution in [-0.4, -0.2) is 31.0 Å². The Morgan fingerprint density at radius 3 is 3.12 bits per heavy atom. The molecule has 0 saturated heterocycles. The van der Waals surface area contributed by atoms with Crippen molar-refractivity contribution in [3.8, 4) is 11.7 Å². The van der Waals surface area contributed by atoms with Gasteiger partial charge in [0.1, 0.15) is 16.4 Å². The fourth-order valence-corrected chi connectivity index (χ4v) is 6.79.